The molecule has 0 unspecified atom stereocenters. The van der Waals surface area contributed by atoms with Crippen molar-refractivity contribution in [2.75, 3.05) is 0 Å². The van der Waals surface area contributed by atoms with Crippen molar-refractivity contribution in [3.63, 3.8) is 0 Å². The molecule has 1 saturated carbocycles. The van der Waals surface area contributed by atoms with E-state index in [-0.39, 0.29) is 18.3 Å². The zero-order valence-corrected chi connectivity index (χ0v) is 17.8. The second-order valence-electron chi connectivity index (χ2n) is 10.0. The Morgan fingerprint density at radius 3 is 2.46 bits per heavy atom. The highest BCUT2D eigenvalue weighted by Crippen LogP contribution is 2.60. The predicted octanol–water partition coefficient (Wildman–Crippen LogP) is 2.55. The largest absolute Gasteiger partial charge is 0.459 e. The molecule has 0 radical (unpaired) electrons. The first-order chi connectivity index (χ1) is 12.8. The van der Waals surface area contributed by atoms with E-state index in [2.05, 4.69) is 20.4 Å². The van der Waals surface area contributed by atoms with Crippen LogP contribution in [0.4, 0.5) is 0 Å². The molecule has 0 spiro atoms. The van der Waals surface area contributed by atoms with Crippen LogP contribution in [0.3, 0.4) is 0 Å². The molecule has 1 aliphatic carbocycles. The minimum atomic E-state index is -1.65. The van der Waals surface area contributed by atoms with Crippen molar-refractivity contribution in [3.05, 3.63) is 12.2 Å². The van der Waals surface area contributed by atoms with Gasteiger partial charge in [-0.3, -0.25) is 4.79 Å². The van der Waals surface area contributed by atoms with Crippen LogP contribution >= 0.6 is 0 Å². The molecule has 0 aromatic carbocycles. The Kier molecular flexibility index (Phi) is 5.50. The average molecular weight is 397 g/mol. The highest BCUT2D eigenvalue weighted by atomic mass is 16.7. The van der Waals surface area contributed by atoms with Crippen molar-refractivity contribution in [2.24, 2.45) is 23.7 Å². The Balaban J connectivity index is 2.15. The van der Waals surface area contributed by atoms with Crippen molar-refractivity contribution in [3.8, 4) is 0 Å². The lowest BCUT2D eigenvalue weighted by Crippen LogP contribution is -2.58. The Morgan fingerprint density at radius 2 is 1.89 bits per heavy atom. The van der Waals surface area contributed by atoms with E-state index in [1.165, 1.54) is 6.92 Å². The first-order valence-electron chi connectivity index (χ1n) is 10.5. The fraction of sp³-hybridized carbons (Fsp3) is 0.864. The quantitative estimate of drug-likeness (QED) is 0.490. The van der Waals surface area contributed by atoms with E-state index in [0.29, 0.717) is 30.8 Å². The number of esters is 1. The van der Waals surface area contributed by atoms with E-state index < -0.39 is 41.1 Å². The molecule has 3 fully saturated rings. The molecule has 2 bridgehead atoms. The summed E-state index contributed by atoms with van der Waals surface area (Å²) in [7, 11) is 0. The van der Waals surface area contributed by atoms with E-state index in [4.69, 9.17) is 9.47 Å². The number of rotatable bonds is 2. The van der Waals surface area contributed by atoms with Crippen LogP contribution in [0.25, 0.3) is 0 Å². The van der Waals surface area contributed by atoms with E-state index in [1.807, 2.05) is 6.92 Å². The molecule has 6 heteroatoms. The number of carbonyl (C=O) groups excluding carboxylic acids is 1. The SMILES string of the molecule is C=C1C[C@@]2(O)O[C@H]([C@@H]3[C@@H](C(C)C)CC[C@@](C)(OC(C)=O)[C@@H]32)[C@](C)(O)CC[C@@H]1O. The van der Waals surface area contributed by atoms with Crippen LogP contribution in [0.2, 0.25) is 0 Å². The predicted molar refractivity (Wildman–Crippen MR) is 104 cm³/mol. The van der Waals surface area contributed by atoms with Crippen molar-refractivity contribution >= 4 is 5.97 Å². The first kappa shape index (κ1) is 21.8. The molecule has 0 amide bonds. The Bertz CT molecular complexity index is 643. The molecule has 160 valence electrons. The van der Waals surface area contributed by atoms with Crippen LogP contribution in [-0.2, 0) is 14.3 Å². The number of aliphatic hydroxyl groups excluding tert-OH is 1. The van der Waals surface area contributed by atoms with Crippen LogP contribution in [-0.4, -0.2) is 50.5 Å². The number of carbonyl (C=O) groups is 1. The summed E-state index contributed by atoms with van der Waals surface area (Å²) in [5, 5.41) is 33.5. The number of hydrogen-bond acceptors (Lipinski definition) is 6. The standard InChI is InChI=1S/C22H36O6/c1-12(2)15-7-10-21(6,27-14(4)23)18-17(15)19-20(5,25)9-8-16(24)13(3)11-22(18,26)28-19/h12,15-19,24-26H,3,7-11H2,1-2,4-6H3/t15-,16+,17-,18-,19-,20-,21-,22-/m1/s1. The molecule has 3 rings (SSSR count). The van der Waals surface area contributed by atoms with Crippen LogP contribution < -0.4 is 0 Å². The van der Waals surface area contributed by atoms with Crippen molar-refractivity contribution in [1.82, 2.24) is 0 Å². The Hall–Kier alpha value is -0.950. The summed E-state index contributed by atoms with van der Waals surface area (Å²) in [6, 6.07) is 0. The van der Waals surface area contributed by atoms with Crippen molar-refractivity contribution < 1.29 is 29.6 Å². The van der Waals surface area contributed by atoms with Gasteiger partial charge >= 0.3 is 5.97 Å². The molecule has 3 aliphatic rings. The number of fused-ring (bicyclic) bond motifs is 5. The summed E-state index contributed by atoms with van der Waals surface area (Å²) in [5.74, 6) is -2.18. The van der Waals surface area contributed by atoms with Gasteiger partial charge in [-0.05, 0) is 56.9 Å². The normalized spacial score (nSPS) is 49.2. The molecule has 3 N–H and O–H groups in total. The summed E-state index contributed by atoms with van der Waals surface area (Å²) in [4.78, 5) is 11.9. The van der Waals surface area contributed by atoms with Crippen molar-refractivity contribution in [1.29, 1.82) is 0 Å². The van der Waals surface area contributed by atoms with Gasteiger partial charge in [-0.25, -0.2) is 0 Å². The summed E-state index contributed by atoms with van der Waals surface area (Å²) in [6.45, 7) is 13.2. The van der Waals surface area contributed by atoms with Gasteiger partial charge in [0.25, 0.3) is 0 Å². The second-order valence-corrected chi connectivity index (χ2v) is 10.0. The zero-order valence-electron chi connectivity index (χ0n) is 17.8. The van der Waals surface area contributed by atoms with Crippen LogP contribution in [0.1, 0.15) is 66.7 Å². The van der Waals surface area contributed by atoms with Crippen LogP contribution in [0.5, 0.6) is 0 Å². The van der Waals surface area contributed by atoms with Gasteiger partial charge in [0.15, 0.2) is 5.79 Å². The van der Waals surface area contributed by atoms with Crippen molar-refractivity contribution in [2.45, 2.75) is 95.9 Å². The third kappa shape index (κ3) is 3.53. The molecule has 0 aromatic rings. The first-order valence-corrected chi connectivity index (χ1v) is 10.5. The fourth-order valence-corrected chi connectivity index (χ4v) is 6.14. The van der Waals surface area contributed by atoms with Gasteiger partial charge in [-0.15, -0.1) is 0 Å². The van der Waals surface area contributed by atoms with Gasteiger partial charge in [0.05, 0.1) is 23.7 Å². The van der Waals surface area contributed by atoms with Gasteiger partial charge in [0.2, 0.25) is 0 Å². The summed E-state index contributed by atoms with van der Waals surface area (Å²) in [5.41, 5.74) is -1.65. The lowest BCUT2D eigenvalue weighted by atomic mass is 9.57. The molecular formula is C22H36O6. The van der Waals surface area contributed by atoms with Gasteiger partial charge in [0.1, 0.15) is 5.60 Å². The third-order valence-electron chi connectivity index (χ3n) is 7.40. The molecule has 28 heavy (non-hydrogen) atoms. The maximum atomic E-state index is 11.9. The van der Waals surface area contributed by atoms with Gasteiger partial charge in [-0.1, -0.05) is 20.4 Å². The van der Waals surface area contributed by atoms with Gasteiger partial charge < -0.3 is 24.8 Å². The third-order valence-corrected chi connectivity index (χ3v) is 7.40. The Labute approximate surface area is 167 Å². The van der Waals surface area contributed by atoms with E-state index in [9.17, 15) is 20.1 Å². The Morgan fingerprint density at radius 1 is 1.25 bits per heavy atom. The second kappa shape index (κ2) is 7.08. The molecule has 2 saturated heterocycles. The molecule has 8 atom stereocenters. The number of ether oxygens (including phenoxy) is 2. The highest BCUT2D eigenvalue weighted by molar-refractivity contribution is 5.66. The average Bonchev–Trinajstić information content (AvgIpc) is 2.87. The topological polar surface area (TPSA) is 96.2 Å². The molecule has 2 aliphatic heterocycles. The summed E-state index contributed by atoms with van der Waals surface area (Å²) >= 11 is 0. The van der Waals surface area contributed by atoms with Crippen LogP contribution in [0.15, 0.2) is 12.2 Å². The van der Waals surface area contributed by atoms with E-state index in [1.54, 1.807) is 6.92 Å². The highest BCUT2D eigenvalue weighted by Gasteiger charge is 2.68. The zero-order chi connectivity index (χ0) is 21.1. The molecular weight excluding hydrogens is 360 g/mol. The maximum absolute atomic E-state index is 11.9. The van der Waals surface area contributed by atoms with E-state index >= 15 is 0 Å². The molecule has 2 heterocycles. The summed E-state index contributed by atoms with van der Waals surface area (Å²) < 4.78 is 12.0. The minimum absolute atomic E-state index is 0.0591. The monoisotopic (exact) mass is 396 g/mol. The van der Waals surface area contributed by atoms with Gasteiger partial charge in [-0.2, -0.15) is 0 Å². The number of hydrogen-bond donors (Lipinski definition) is 3. The van der Waals surface area contributed by atoms with Crippen LogP contribution in [0, 0.1) is 23.7 Å². The van der Waals surface area contributed by atoms with Gasteiger partial charge in [0, 0.05) is 19.3 Å². The lowest BCUT2D eigenvalue weighted by Gasteiger charge is -2.51. The smallest absolute Gasteiger partial charge is 0.303 e. The lowest BCUT2D eigenvalue weighted by molar-refractivity contribution is -0.258. The summed E-state index contributed by atoms with van der Waals surface area (Å²) in [6.07, 6.45) is 0.789. The maximum Gasteiger partial charge on any atom is 0.303 e. The number of aliphatic hydroxyl groups is 3. The minimum Gasteiger partial charge on any atom is -0.459 e. The molecule has 6 nitrogen and oxygen atoms in total. The fourth-order valence-electron chi connectivity index (χ4n) is 6.14. The van der Waals surface area contributed by atoms with E-state index in [0.717, 1.165) is 6.42 Å². The molecule has 0 aromatic heterocycles.